The van der Waals surface area contributed by atoms with Gasteiger partial charge in [-0.3, -0.25) is 9.78 Å². The highest BCUT2D eigenvalue weighted by molar-refractivity contribution is 7.14. The van der Waals surface area contributed by atoms with Crippen LogP contribution in [0.2, 0.25) is 0 Å². The highest BCUT2D eigenvalue weighted by Gasteiger charge is 2.09. The van der Waals surface area contributed by atoms with Crippen molar-refractivity contribution in [3.63, 3.8) is 0 Å². The lowest BCUT2D eigenvalue weighted by molar-refractivity contribution is -0.115. The maximum atomic E-state index is 12.8. The summed E-state index contributed by atoms with van der Waals surface area (Å²) in [6.07, 6.45) is 1.18. The fourth-order valence-electron chi connectivity index (χ4n) is 1.91. The number of nitrogens with zero attached hydrogens (tertiary/aromatic N) is 2. The van der Waals surface area contributed by atoms with Crippen LogP contribution in [0, 0.1) is 5.82 Å². The molecule has 0 fully saturated rings. The fraction of sp³-hybridized carbons (Fsp3) is 0.0625. The molecular weight excluding hydrogens is 301 g/mol. The van der Waals surface area contributed by atoms with E-state index in [-0.39, 0.29) is 12.3 Å². The van der Waals surface area contributed by atoms with Crippen molar-refractivity contribution in [3.05, 3.63) is 65.6 Å². The van der Waals surface area contributed by atoms with Gasteiger partial charge in [0, 0.05) is 16.6 Å². The number of carbonyl (C=O) groups excluding carboxylic acids is 1. The molecule has 0 radical (unpaired) electrons. The number of nitrogens with one attached hydrogen (secondary N) is 1. The van der Waals surface area contributed by atoms with Gasteiger partial charge in [0.05, 0.1) is 18.3 Å². The Hall–Kier alpha value is -2.60. The van der Waals surface area contributed by atoms with E-state index in [2.05, 4.69) is 15.3 Å². The molecule has 22 heavy (non-hydrogen) atoms. The molecule has 0 unspecified atom stereocenters. The third-order valence-corrected chi connectivity index (χ3v) is 3.71. The number of halogens is 1. The minimum absolute atomic E-state index is 0.0839. The van der Waals surface area contributed by atoms with Crippen molar-refractivity contribution in [1.29, 1.82) is 0 Å². The molecular formula is C16H12FN3OS. The van der Waals surface area contributed by atoms with Crippen molar-refractivity contribution < 1.29 is 9.18 Å². The van der Waals surface area contributed by atoms with Gasteiger partial charge >= 0.3 is 0 Å². The van der Waals surface area contributed by atoms with Crippen LogP contribution in [0.3, 0.4) is 0 Å². The Morgan fingerprint density at radius 1 is 1.18 bits per heavy atom. The summed E-state index contributed by atoms with van der Waals surface area (Å²) in [6, 6.07) is 12.5. The molecule has 6 heteroatoms. The Morgan fingerprint density at radius 3 is 2.73 bits per heavy atom. The summed E-state index contributed by atoms with van der Waals surface area (Å²) in [7, 11) is 0. The molecule has 0 atom stereocenters. The van der Waals surface area contributed by atoms with Crippen LogP contribution in [0.25, 0.3) is 11.3 Å². The third kappa shape index (κ3) is 3.53. The second-order valence-corrected chi connectivity index (χ2v) is 5.45. The van der Waals surface area contributed by atoms with Crippen LogP contribution >= 0.6 is 11.3 Å². The van der Waals surface area contributed by atoms with Crippen LogP contribution in [-0.2, 0) is 11.2 Å². The first-order chi connectivity index (χ1) is 10.7. The fourth-order valence-corrected chi connectivity index (χ4v) is 2.65. The van der Waals surface area contributed by atoms with E-state index in [4.69, 9.17) is 0 Å². The minimum atomic E-state index is -0.420. The molecule has 3 rings (SSSR count). The van der Waals surface area contributed by atoms with Crippen LogP contribution < -0.4 is 5.32 Å². The average Bonchev–Trinajstić information content (AvgIpc) is 2.99. The van der Waals surface area contributed by atoms with Gasteiger partial charge in [-0.1, -0.05) is 30.3 Å². The molecule has 0 saturated carbocycles. The Kier molecular flexibility index (Phi) is 4.20. The van der Waals surface area contributed by atoms with Crippen LogP contribution in [0.4, 0.5) is 9.52 Å². The first-order valence-electron chi connectivity index (χ1n) is 6.62. The van der Waals surface area contributed by atoms with Crippen molar-refractivity contribution in [3.8, 4) is 11.3 Å². The number of hydrogen-bond donors (Lipinski definition) is 1. The predicted octanol–water partition coefficient (Wildman–Crippen LogP) is 3.53. The van der Waals surface area contributed by atoms with Gasteiger partial charge < -0.3 is 5.32 Å². The van der Waals surface area contributed by atoms with E-state index in [1.54, 1.807) is 0 Å². The first-order valence-corrected chi connectivity index (χ1v) is 7.50. The van der Waals surface area contributed by atoms with Crippen LogP contribution in [0.1, 0.15) is 5.69 Å². The van der Waals surface area contributed by atoms with Crippen LogP contribution in [0.5, 0.6) is 0 Å². The second kappa shape index (κ2) is 6.44. The average molecular weight is 313 g/mol. The molecule has 0 aliphatic carbocycles. The van der Waals surface area contributed by atoms with Gasteiger partial charge in [-0.25, -0.2) is 9.37 Å². The number of rotatable bonds is 4. The van der Waals surface area contributed by atoms with Gasteiger partial charge in [-0.15, -0.1) is 11.3 Å². The molecule has 4 nitrogen and oxygen atoms in total. The topological polar surface area (TPSA) is 54.9 Å². The number of thiazole rings is 1. The zero-order valence-electron chi connectivity index (χ0n) is 11.5. The summed E-state index contributed by atoms with van der Waals surface area (Å²) in [5.41, 5.74) is 2.33. The first kappa shape index (κ1) is 14.3. The molecule has 0 aliphatic heterocycles. The Morgan fingerprint density at radius 2 is 2.00 bits per heavy atom. The largest absolute Gasteiger partial charge is 0.302 e. The smallest absolute Gasteiger partial charge is 0.232 e. The van der Waals surface area contributed by atoms with E-state index >= 15 is 0 Å². The quantitative estimate of drug-likeness (QED) is 0.801. The van der Waals surface area contributed by atoms with Gasteiger partial charge in [0.1, 0.15) is 5.82 Å². The summed E-state index contributed by atoms with van der Waals surface area (Å²) in [5, 5.41) is 5.15. The Bertz CT molecular complexity index is 772. The third-order valence-electron chi connectivity index (χ3n) is 2.95. The standard InChI is InChI=1S/C16H12FN3OS/c17-12-6-7-13(18-9-12)8-15(21)20-16-19-14(10-22-16)11-4-2-1-3-5-11/h1-7,9-10H,8H2,(H,19,20,21). The summed E-state index contributed by atoms with van der Waals surface area (Å²) in [4.78, 5) is 20.2. The number of hydrogen-bond acceptors (Lipinski definition) is 4. The minimum Gasteiger partial charge on any atom is -0.302 e. The normalized spacial score (nSPS) is 10.4. The Balaban J connectivity index is 1.65. The molecule has 0 spiro atoms. The van der Waals surface area contributed by atoms with Crippen molar-refractivity contribution in [2.24, 2.45) is 0 Å². The lowest BCUT2D eigenvalue weighted by atomic mass is 10.2. The molecule has 2 heterocycles. The molecule has 1 amide bonds. The van der Waals surface area contributed by atoms with Crippen molar-refractivity contribution in [2.75, 3.05) is 5.32 Å². The Labute approximate surface area is 130 Å². The summed E-state index contributed by atoms with van der Waals surface area (Å²) < 4.78 is 12.8. The zero-order chi connectivity index (χ0) is 15.4. The van der Waals surface area contributed by atoms with E-state index in [1.165, 1.54) is 23.5 Å². The number of amides is 1. The predicted molar refractivity (Wildman–Crippen MR) is 84.1 cm³/mol. The number of pyridine rings is 1. The van der Waals surface area contributed by atoms with Crippen LogP contribution in [-0.4, -0.2) is 15.9 Å². The highest BCUT2D eigenvalue weighted by Crippen LogP contribution is 2.24. The van der Waals surface area contributed by atoms with E-state index in [9.17, 15) is 9.18 Å². The summed E-state index contributed by atoms with van der Waals surface area (Å²) in [6.45, 7) is 0. The number of aromatic nitrogens is 2. The molecule has 2 aromatic heterocycles. The molecule has 1 N–H and O–H groups in total. The second-order valence-electron chi connectivity index (χ2n) is 4.60. The van der Waals surface area contributed by atoms with Crippen molar-refractivity contribution >= 4 is 22.4 Å². The lowest BCUT2D eigenvalue weighted by Crippen LogP contribution is -2.15. The van der Waals surface area contributed by atoms with Gasteiger partial charge in [0.2, 0.25) is 5.91 Å². The van der Waals surface area contributed by atoms with E-state index in [1.807, 2.05) is 35.7 Å². The number of benzene rings is 1. The SMILES string of the molecule is O=C(Cc1ccc(F)cn1)Nc1nc(-c2ccccc2)cs1. The summed E-state index contributed by atoms with van der Waals surface area (Å²) >= 11 is 1.36. The molecule has 3 aromatic rings. The monoisotopic (exact) mass is 313 g/mol. The van der Waals surface area contributed by atoms with Crippen LogP contribution in [0.15, 0.2) is 54.0 Å². The molecule has 110 valence electrons. The molecule has 0 aliphatic rings. The van der Waals surface area contributed by atoms with Gasteiger partial charge in [-0.05, 0) is 12.1 Å². The van der Waals surface area contributed by atoms with Crippen molar-refractivity contribution in [1.82, 2.24) is 9.97 Å². The van der Waals surface area contributed by atoms with E-state index < -0.39 is 5.82 Å². The maximum absolute atomic E-state index is 12.8. The number of carbonyl (C=O) groups is 1. The maximum Gasteiger partial charge on any atom is 0.232 e. The zero-order valence-corrected chi connectivity index (χ0v) is 12.3. The van der Waals surface area contributed by atoms with Gasteiger partial charge in [0.25, 0.3) is 0 Å². The van der Waals surface area contributed by atoms with Gasteiger partial charge in [0.15, 0.2) is 5.13 Å². The number of anilines is 1. The molecule has 0 saturated heterocycles. The molecule has 0 bridgehead atoms. The van der Waals surface area contributed by atoms with E-state index in [0.717, 1.165) is 17.5 Å². The lowest BCUT2D eigenvalue weighted by Gasteiger charge is -2.01. The summed E-state index contributed by atoms with van der Waals surface area (Å²) in [5.74, 6) is -0.648. The van der Waals surface area contributed by atoms with Crippen molar-refractivity contribution in [2.45, 2.75) is 6.42 Å². The van der Waals surface area contributed by atoms with E-state index in [0.29, 0.717) is 10.8 Å². The highest BCUT2D eigenvalue weighted by atomic mass is 32.1. The van der Waals surface area contributed by atoms with Gasteiger partial charge in [-0.2, -0.15) is 0 Å². The molecule has 1 aromatic carbocycles.